The van der Waals surface area contributed by atoms with Gasteiger partial charge in [-0.15, -0.1) is 0 Å². The standard InChI is InChI=1S/C17H33NO3/c1-7-9-10-11-15(19)18(14(3)8-2)13-12-16(20)21-17(4,5)6/h14H,7-13H2,1-6H3. The summed E-state index contributed by atoms with van der Waals surface area (Å²) in [5.74, 6) is -0.0847. The van der Waals surface area contributed by atoms with Crippen molar-refractivity contribution in [1.29, 1.82) is 0 Å². The highest BCUT2D eigenvalue weighted by Crippen LogP contribution is 2.12. The van der Waals surface area contributed by atoms with E-state index >= 15 is 0 Å². The average Bonchev–Trinajstić information content (AvgIpc) is 2.36. The van der Waals surface area contributed by atoms with Crippen molar-refractivity contribution >= 4 is 11.9 Å². The van der Waals surface area contributed by atoms with Gasteiger partial charge in [-0.1, -0.05) is 26.7 Å². The Morgan fingerprint density at radius 3 is 2.19 bits per heavy atom. The molecule has 0 N–H and O–H groups in total. The fourth-order valence-electron chi connectivity index (χ4n) is 2.09. The molecule has 0 aliphatic carbocycles. The van der Waals surface area contributed by atoms with Gasteiger partial charge in [-0.05, 0) is 40.5 Å². The number of carbonyl (C=O) groups is 2. The zero-order valence-corrected chi connectivity index (χ0v) is 14.7. The summed E-state index contributed by atoms with van der Waals surface area (Å²) in [6, 6.07) is 0.168. The van der Waals surface area contributed by atoms with Gasteiger partial charge in [0.1, 0.15) is 5.60 Å². The summed E-state index contributed by atoms with van der Waals surface area (Å²) in [7, 11) is 0. The Morgan fingerprint density at radius 1 is 1.10 bits per heavy atom. The summed E-state index contributed by atoms with van der Waals surface area (Å²) in [6.07, 6.45) is 4.84. The smallest absolute Gasteiger partial charge is 0.308 e. The largest absolute Gasteiger partial charge is 0.460 e. The van der Waals surface area contributed by atoms with Crippen molar-refractivity contribution in [3.05, 3.63) is 0 Å². The van der Waals surface area contributed by atoms with Gasteiger partial charge in [-0.25, -0.2) is 0 Å². The van der Waals surface area contributed by atoms with Crippen molar-refractivity contribution in [1.82, 2.24) is 4.90 Å². The maximum atomic E-state index is 12.3. The predicted molar refractivity (Wildman–Crippen MR) is 86.1 cm³/mol. The van der Waals surface area contributed by atoms with E-state index in [9.17, 15) is 9.59 Å². The molecule has 0 bridgehead atoms. The summed E-state index contributed by atoms with van der Waals surface area (Å²) >= 11 is 0. The van der Waals surface area contributed by atoms with Crippen molar-refractivity contribution in [2.75, 3.05) is 6.54 Å². The molecular weight excluding hydrogens is 266 g/mol. The number of hydrogen-bond acceptors (Lipinski definition) is 3. The second-order valence-electron chi connectivity index (χ2n) is 6.64. The van der Waals surface area contributed by atoms with Crippen LogP contribution in [0.2, 0.25) is 0 Å². The Kier molecular flexibility index (Phi) is 9.31. The first kappa shape index (κ1) is 19.9. The zero-order chi connectivity index (χ0) is 16.5. The molecule has 0 saturated heterocycles. The van der Waals surface area contributed by atoms with Gasteiger partial charge in [-0.2, -0.15) is 0 Å². The van der Waals surface area contributed by atoms with Crippen LogP contribution < -0.4 is 0 Å². The SMILES string of the molecule is CCCCCC(=O)N(CCC(=O)OC(C)(C)C)C(C)CC. The van der Waals surface area contributed by atoms with Crippen LogP contribution in [0, 0.1) is 0 Å². The lowest BCUT2D eigenvalue weighted by Gasteiger charge is -2.29. The molecule has 0 heterocycles. The van der Waals surface area contributed by atoms with E-state index < -0.39 is 5.60 Å². The number of amides is 1. The Hall–Kier alpha value is -1.06. The van der Waals surface area contributed by atoms with E-state index in [1.54, 1.807) is 0 Å². The molecular formula is C17H33NO3. The number of esters is 1. The third kappa shape index (κ3) is 9.48. The molecule has 0 aliphatic rings. The molecule has 0 fully saturated rings. The van der Waals surface area contributed by atoms with Gasteiger partial charge >= 0.3 is 5.97 Å². The van der Waals surface area contributed by atoms with Crippen LogP contribution in [0.5, 0.6) is 0 Å². The first-order chi connectivity index (χ1) is 9.71. The van der Waals surface area contributed by atoms with Crippen LogP contribution in [0.3, 0.4) is 0 Å². The minimum absolute atomic E-state index is 0.154. The molecule has 0 saturated carbocycles. The lowest BCUT2D eigenvalue weighted by Crippen LogP contribution is -2.40. The average molecular weight is 299 g/mol. The van der Waals surface area contributed by atoms with E-state index in [0.717, 1.165) is 25.7 Å². The Morgan fingerprint density at radius 2 is 1.71 bits per heavy atom. The summed E-state index contributed by atoms with van der Waals surface area (Å²) in [4.78, 5) is 25.9. The Labute approximate surface area is 130 Å². The summed E-state index contributed by atoms with van der Waals surface area (Å²) in [5, 5.41) is 0. The zero-order valence-electron chi connectivity index (χ0n) is 14.7. The van der Waals surface area contributed by atoms with Crippen molar-refractivity contribution < 1.29 is 14.3 Å². The van der Waals surface area contributed by atoms with Crippen molar-refractivity contribution in [2.24, 2.45) is 0 Å². The number of hydrogen-bond donors (Lipinski definition) is 0. The molecule has 4 nitrogen and oxygen atoms in total. The van der Waals surface area contributed by atoms with Crippen LogP contribution in [-0.4, -0.2) is 35.0 Å². The molecule has 4 heteroatoms. The molecule has 0 radical (unpaired) electrons. The normalized spacial score (nSPS) is 12.9. The molecule has 0 aliphatic heterocycles. The minimum Gasteiger partial charge on any atom is -0.460 e. The molecule has 124 valence electrons. The van der Waals surface area contributed by atoms with E-state index in [1.807, 2.05) is 32.6 Å². The number of unbranched alkanes of at least 4 members (excludes halogenated alkanes) is 2. The second kappa shape index (κ2) is 9.80. The fourth-order valence-corrected chi connectivity index (χ4v) is 2.09. The lowest BCUT2D eigenvalue weighted by atomic mass is 10.1. The van der Waals surface area contributed by atoms with Gasteiger partial charge in [0.15, 0.2) is 0 Å². The number of nitrogens with zero attached hydrogens (tertiary/aromatic N) is 1. The molecule has 0 aromatic heterocycles. The van der Waals surface area contributed by atoms with Gasteiger partial charge in [0.05, 0.1) is 6.42 Å². The molecule has 1 atom stereocenters. The first-order valence-corrected chi connectivity index (χ1v) is 8.22. The number of ether oxygens (including phenoxy) is 1. The van der Waals surface area contributed by atoms with Crippen LogP contribution in [0.15, 0.2) is 0 Å². The number of rotatable bonds is 9. The molecule has 0 spiro atoms. The van der Waals surface area contributed by atoms with E-state index in [2.05, 4.69) is 13.8 Å². The summed E-state index contributed by atoms with van der Waals surface area (Å²) in [6.45, 7) is 12.2. The van der Waals surface area contributed by atoms with Gasteiger partial charge in [0.25, 0.3) is 0 Å². The van der Waals surface area contributed by atoms with E-state index in [4.69, 9.17) is 4.74 Å². The quantitative estimate of drug-likeness (QED) is 0.479. The maximum absolute atomic E-state index is 12.3. The van der Waals surface area contributed by atoms with Crippen LogP contribution in [0.25, 0.3) is 0 Å². The fraction of sp³-hybridized carbons (Fsp3) is 0.882. The van der Waals surface area contributed by atoms with Crippen LogP contribution in [0.4, 0.5) is 0 Å². The van der Waals surface area contributed by atoms with Gasteiger partial charge in [-0.3, -0.25) is 9.59 Å². The van der Waals surface area contributed by atoms with Gasteiger partial charge in [0.2, 0.25) is 5.91 Å². The van der Waals surface area contributed by atoms with Crippen LogP contribution in [0.1, 0.15) is 80.1 Å². The predicted octanol–water partition coefficient (Wildman–Crippen LogP) is 3.93. The first-order valence-electron chi connectivity index (χ1n) is 8.22. The minimum atomic E-state index is -0.469. The molecule has 0 rings (SSSR count). The highest BCUT2D eigenvalue weighted by molar-refractivity contribution is 5.77. The highest BCUT2D eigenvalue weighted by Gasteiger charge is 2.21. The molecule has 1 unspecified atom stereocenters. The maximum Gasteiger partial charge on any atom is 0.308 e. The molecule has 1 amide bonds. The van der Waals surface area contributed by atoms with E-state index in [0.29, 0.717) is 13.0 Å². The van der Waals surface area contributed by atoms with Gasteiger partial charge < -0.3 is 9.64 Å². The van der Waals surface area contributed by atoms with Crippen LogP contribution >= 0.6 is 0 Å². The third-order valence-electron chi connectivity index (χ3n) is 3.41. The van der Waals surface area contributed by atoms with Gasteiger partial charge in [0, 0.05) is 19.0 Å². The molecule has 0 aromatic carbocycles. The van der Waals surface area contributed by atoms with E-state index in [-0.39, 0.29) is 24.3 Å². The Balaban J connectivity index is 4.43. The second-order valence-corrected chi connectivity index (χ2v) is 6.64. The Bertz CT molecular complexity index is 320. The highest BCUT2D eigenvalue weighted by atomic mass is 16.6. The topological polar surface area (TPSA) is 46.6 Å². The van der Waals surface area contributed by atoms with Crippen LogP contribution in [-0.2, 0) is 14.3 Å². The van der Waals surface area contributed by atoms with Crippen molar-refractivity contribution in [3.63, 3.8) is 0 Å². The summed E-state index contributed by atoms with van der Waals surface area (Å²) in [5.41, 5.74) is -0.469. The lowest BCUT2D eigenvalue weighted by molar-refractivity contribution is -0.155. The van der Waals surface area contributed by atoms with Crippen molar-refractivity contribution in [3.8, 4) is 0 Å². The van der Waals surface area contributed by atoms with Crippen molar-refractivity contribution in [2.45, 2.75) is 91.7 Å². The van der Waals surface area contributed by atoms with E-state index in [1.165, 1.54) is 0 Å². The monoisotopic (exact) mass is 299 g/mol. The number of carbonyl (C=O) groups excluding carboxylic acids is 2. The third-order valence-corrected chi connectivity index (χ3v) is 3.41. The summed E-state index contributed by atoms with van der Waals surface area (Å²) < 4.78 is 5.30. The molecule has 21 heavy (non-hydrogen) atoms. The molecule has 0 aromatic rings.